The number of carbonyl (C=O) groups is 2. The summed E-state index contributed by atoms with van der Waals surface area (Å²) in [5.74, 6) is 0.493. The van der Waals surface area contributed by atoms with Gasteiger partial charge in [-0.1, -0.05) is 19.1 Å². The summed E-state index contributed by atoms with van der Waals surface area (Å²) in [6, 6.07) is 0.502. The molecular formula is C21H34N4O3. The van der Waals surface area contributed by atoms with Crippen LogP contribution in [0.15, 0.2) is 29.0 Å². The Balaban J connectivity index is 1.71. The molecule has 28 heavy (non-hydrogen) atoms. The summed E-state index contributed by atoms with van der Waals surface area (Å²) in [5, 5.41) is 6.03. The summed E-state index contributed by atoms with van der Waals surface area (Å²) >= 11 is 0. The van der Waals surface area contributed by atoms with Crippen molar-refractivity contribution in [2.45, 2.75) is 69.5 Å². The predicted molar refractivity (Wildman–Crippen MR) is 111 cm³/mol. The highest BCUT2D eigenvalue weighted by Gasteiger charge is 2.30. The molecule has 7 heteroatoms. The Morgan fingerprint density at radius 1 is 1.39 bits per heavy atom. The fourth-order valence-electron chi connectivity index (χ4n) is 3.78. The van der Waals surface area contributed by atoms with Gasteiger partial charge in [-0.15, -0.1) is 0 Å². The lowest BCUT2D eigenvalue weighted by atomic mass is 9.97. The van der Waals surface area contributed by atoms with Gasteiger partial charge >= 0.3 is 5.97 Å². The molecule has 0 bridgehead atoms. The molecule has 2 rings (SSSR count). The van der Waals surface area contributed by atoms with E-state index in [-0.39, 0.29) is 5.97 Å². The van der Waals surface area contributed by atoms with Gasteiger partial charge in [0.05, 0.1) is 7.11 Å². The maximum atomic E-state index is 11.7. The molecular weight excluding hydrogens is 356 g/mol. The van der Waals surface area contributed by atoms with Gasteiger partial charge in [0.15, 0.2) is 0 Å². The molecule has 1 heterocycles. The number of esters is 1. The number of unbranched alkanes of at least 4 members (excludes halogenated alkanes) is 1. The molecule has 2 atom stereocenters. The van der Waals surface area contributed by atoms with Gasteiger partial charge in [0.25, 0.3) is 0 Å². The van der Waals surface area contributed by atoms with Crippen LogP contribution in [-0.4, -0.2) is 62.3 Å². The third-order valence-corrected chi connectivity index (χ3v) is 5.58. The van der Waals surface area contributed by atoms with Crippen molar-refractivity contribution in [3.63, 3.8) is 0 Å². The SMILES string of the molecule is C=CC1=C(N=C)N[C@@H](CCCCN(CC[C@H](NC=O)C(=O)OC)C2CC2)CC1. The van der Waals surface area contributed by atoms with Gasteiger partial charge in [-0.05, 0) is 63.8 Å². The third-order valence-electron chi connectivity index (χ3n) is 5.58. The van der Waals surface area contributed by atoms with Crippen LogP contribution in [0.25, 0.3) is 0 Å². The van der Waals surface area contributed by atoms with Gasteiger partial charge in [-0.25, -0.2) is 9.79 Å². The highest BCUT2D eigenvalue weighted by Crippen LogP contribution is 2.28. The average Bonchev–Trinajstić information content (AvgIpc) is 3.56. The Hall–Kier alpha value is -2.15. The molecule has 1 fully saturated rings. The van der Waals surface area contributed by atoms with E-state index in [1.165, 1.54) is 20.0 Å². The molecule has 2 aliphatic rings. The Morgan fingerprint density at radius 2 is 2.18 bits per heavy atom. The van der Waals surface area contributed by atoms with Crippen LogP contribution in [0.3, 0.4) is 0 Å². The van der Waals surface area contributed by atoms with E-state index >= 15 is 0 Å². The van der Waals surface area contributed by atoms with E-state index in [1.54, 1.807) is 0 Å². The van der Waals surface area contributed by atoms with Crippen LogP contribution < -0.4 is 10.6 Å². The lowest BCUT2D eigenvalue weighted by molar-refractivity contribution is -0.144. The highest BCUT2D eigenvalue weighted by molar-refractivity contribution is 5.78. The minimum atomic E-state index is -0.564. The molecule has 1 saturated carbocycles. The first kappa shape index (κ1) is 22.1. The van der Waals surface area contributed by atoms with Crippen molar-refractivity contribution in [2.75, 3.05) is 20.2 Å². The average molecular weight is 391 g/mol. The monoisotopic (exact) mass is 390 g/mol. The van der Waals surface area contributed by atoms with Gasteiger partial charge in [-0.2, -0.15) is 0 Å². The number of carbonyl (C=O) groups excluding carboxylic acids is 2. The van der Waals surface area contributed by atoms with Crippen molar-refractivity contribution >= 4 is 19.1 Å². The maximum Gasteiger partial charge on any atom is 0.328 e. The molecule has 0 saturated heterocycles. The quantitative estimate of drug-likeness (QED) is 0.206. The van der Waals surface area contributed by atoms with Gasteiger partial charge in [0.2, 0.25) is 6.41 Å². The number of allylic oxidation sites excluding steroid dienone is 2. The second-order valence-electron chi connectivity index (χ2n) is 7.53. The zero-order valence-electron chi connectivity index (χ0n) is 17.0. The van der Waals surface area contributed by atoms with E-state index < -0.39 is 6.04 Å². The fourth-order valence-corrected chi connectivity index (χ4v) is 3.78. The summed E-state index contributed by atoms with van der Waals surface area (Å²) in [7, 11) is 1.35. The number of nitrogens with zero attached hydrogens (tertiary/aromatic N) is 2. The Bertz CT molecular complexity index is 586. The second kappa shape index (κ2) is 11.6. The molecule has 1 aliphatic carbocycles. The number of rotatable bonds is 14. The number of methoxy groups -OCH3 is 1. The summed E-state index contributed by atoms with van der Waals surface area (Å²) in [5.41, 5.74) is 1.15. The van der Waals surface area contributed by atoms with Crippen LogP contribution in [0.4, 0.5) is 0 Å². The van der Waals surface area contributed by atoms with E-state index in [1.807, 2.05) is 6.08 Å². The maximum absolute atomic E-state index is 11.7. The summed E-state index contributed by atoms with van der Waals surface area (Å²) in [6.45, 7) is 9.30. The van der Waals surface area contributed by atoms with Crippen molar-refractivity contribution in [3.8, 4) is 0 Å². The third kappa shape index (κ3) is 6.78. The van der Waals surface area contributed by atoms with Crippen molar-refractivity contribution < 1.29 is 14.3 Å². The smallest absolute Gasteiger partial charge is 0.328 e. The highest BCUT2D eigenvalue weighted by atomic mass is 16.5. The first-order valence-electron chi connectivity index (χ1n) is 10.2. The molecule has 0 unspecified atom stereocenters. The second-order valence-corrected chi connectivity index (χ2v) is 7.53. The number of hydrogen-bond acceptors (Lipinski definition) is 6. The standard InChI is InChI=1S/C21H34N4O3/c1-4-16-8-9-17(24-20(16)22-2)7-5-6-13-25(18-10-11-18)14-12-19(23-15-26)21(27)28-3/h4,15,17-19,24H,1-2,5-14H2,3H3,(H,23,26)/t17-,19-/m0/s1. The van der Waals surface area contributed by atoms with E-state index in [2.05, 4.69) is 33.8 Å². The molecule has 0 aromatic rings. The largest absolute Gasteiger partial charge is 0.467 e. The molecule has 1 amide bonds. The van der Waals surface area contributed by atoms with Crippen LogP contribution in [0.1, 0.15) is 51.4 Å². The van der Waals surface area contributed by atoms with Gasteiger partial charge in [-0.3, -0.25) is 4.79 Å². The molecule has 1 aliphatic heterocycles. The van der Waals surface area contributed by atoms with Gasteiger partial charge in [0, 0.05) is 18.6 Å². The molecule has 0 radical (unpaired) electrons. The minimum absolute atomic E-state index is 0.384. The predicted octanol–water partition coefficient (Wildman–Crippen LogP) is 2.15. The Morgan fingerprint density at radius 3 is 2.79 bits per heavy atom. The van der Waals surface area contributed by atoms with Crippen LogP contribution in [0, 0.1) is 0 Å². The molecule has 0 aromatic carbocycles. The van der Waals surface area contributed by atoms with Crippen LogP contribution in [0.2, 0.25) is 0 Å². The van der Waals surface area contributed by atoms with Crippen LogP contribution >= 0.6 is 0 Å². The fraction of sp³-hybridized carbons (Fsp3) is 0.667. The van der Waals surface area contributed by atoms with Crippen LogP contribution in [-0.2, 0) is 14.3 Å². The number of aliphatic imine (C=N–C) groups is 1. The molecule has 7 nitrogen and oxygen atoms in total. The lowest BCUT2D eigenvalue weighted by Gasteiger charge is -2.27. The summed E-state index contributed by atoms with van der Waals surface area (Å²) in [4.78, 5) is 29.0. The number of ether oxygens (including phenoxy) is 1. The molecule has 2 N–H and O–H groups in total. The summed E-state index contributed by atoms with van der Waals surface area (Å²) in [6.07, 6.45) is 10.9. The van der Waals surface area contributed by atoms with Crippen LogP contribution in [0.5, 0.6) is 0 Å². The molecule has 0 spiro atoms. The lowest BCUT2D eigenvalue weighted by Crippen LogP contribution is -2.40. The number of hydrogen-bond donors (Lipinski definition) is 2. The van der Waals surface area contributed by atoms with E-state index in [0.717, 1.165) is 56.6 Å². The first-order valence-corrected chi connectivity index (χ1v) is 10.2. The van der Waals surface area contributed by atoms with E-state index in [4.69, 9.17) is 4.74 Å². The topological polar surface area (TPSA) is 83.0 Å². The normalized spacial score (nSPS) is 20.3. The molecule has 156 valence electrons. The van der Waals surface area contributed by atoms with Crippen molar-refractivity contribution in [3.05, 3.63) is 24.0 Å². The first-order chi connectivity index (χ1) is 13.6. The van der Waals surface area contributed by atoms with Crippen molar-refractivity contribution in [1.29, 1.82) is 0 Å². The number of amides is 1. The van der Waals surface area contributed by atoms with Gasteiger partial charge in [0.1, 0.15) is 11.9 Å². The Labute approximate surface area is 168 Å². The van der Waals surface area contributed by atoms with Crippen molar-refractivity contribution in [2.24, 2.45) is 4.99 Å². The van der Waals surface area contributed by atoms with Gasteiger partial charge < -0.3 is 20.3 Å². The number of nitrogens with one attached hydrogen (secondary N) is 2. The Kier molecular flexibility index (Phi) is 9.20. The molecule has 0 aromatic heterocycles. The zero-order valence-corrected chi connectivity index (χ0v) is 17.0. The zero-order chi connectivity index (χ0) is 20.4. The van der Waals surface area contributed by atoms with E-state index in [9.17, 15) is 9.59 Å². The van der Waals surface area contributed by atoms with Crippen molar-refractivity contribution in [1.82, 2.24) is 15.5 Å². The summed E-state index contributed by atoms with van der Waals surface area (Å²) < 4.78 is 4.76. The van der Waals surface area contributed by atoms with E-state index in [0.29, 0.717) is 24.9 Å². The minimum Gasteiger partial charge on any atom is -0.467 e.